The van der Waals surface area contributed by atoms with Crippen LogP contribution in [-0.4, -0.2) is 89.1 Å². The first-order chi connectivity index (χ1) is 10.1. The first-order valence-electron chi connectivity index (χ1n) is 6.33. The second kappa shape index (κ2) is 10.1. The van der Waals surface area contributed by atoms with Crippen LogP contribution in [-0.2, 0) is 19.6 Å². The van der Waals surface area contributed by atoms with E-state index in [1.165, 1.54) is 0 Å². The Hall–Kier alpha value is -0.0200. The molecule has 13 heteroatoms. The molecule has 0 aromatic carbocycles. The third kappa shape index (κ3) is 8.07. The van der Waals surface area contributed by atoms with Gasteiger partial charge in [0.05, 0.1) is 10.1 Å². The fourth-order valence-electron chi connectivity index (χ4n) is 1.72. The molecule has 0 spiro atoms. The van der Waals surface area contributed by atoms with Gasteiger partial charge in [0.25, 0.3) is 0 Å². The van der Waals surface area contributed by atoms with Gasteiger partial charge in [0, 0.05) is 12.3 Å². The molecule has 0 radical (unpaired) electrons. The molecule has 1 aliphatic rings. The van der Waals surface area contributed by atoms with Gasteiger partial charge in [0.15, 0.2) is 6.29 Å². The number of amides is 1. The van der Waals surface area contributed by atoms with Gasteiger partial charge in [-0.05, 0) is 6.42 Å². The number of hydrogen-bond acceptors (Lipinski definition) is 10. The molecule has 0 bridgehead atoms. The predicted octanol–water partition coefficient (Wildman–Crippen LogP) is -6.55. The van der Waals surface area contributed by atoms with E-state index < -0.39 is 59.3 Å². The van der Waals surface area contributed by atoms with Crippen LogP contribution in [0.2, 0.25) is 0 Å². The number of carbonyl (C=O) groups is 1. The predicted molar refractivity (Wildman–Crippen MR) is 67.4 cm³/mol. The van der Waals surface area contributed by atoms with Gasteiger partial charge in [-0.3, -0.25) is 0 Å². The van der Waals surface area contributed by atoms with Crippen molar-refractivity contribution in [2.75, 3.05) is 18.9 Å². The number of aliphatic hydroxyl groups excluding tert-OH is 4. The van der Waals surface area contributed by atoms with Gasteiger partial charge in [-0.15, -0.1) is 0 Å². The molecular weight excluding hydrogens is 349 g/mol. The SMILES string of the molecule is O=C(NCCCS(=O)(=O)[O-])OC[C@H]1OC(O)[C@H](O)[C@@H](O)[C@@H]1O.[Na+]. The molecule has 0 aromatic rings. The molecule has 1 amide bonds. The van der Waals surface area contributed by atoms with Crippen molar-refractivity contribution in [2.24, 2.45) is 0 Å². The second-order valence-electron chi connectivity index (χ2n) is 4.68. The molecule has 11 nitrogen and oxygen atoms in total. The molecule has 1 aliphatic heterocycles. The first kappa shape index (κ1) is 23.0. The fourth-order valence-corrected chi connectivity index (χ4v) is 2.21. The summed E-state index contributed by atoms with van der Waals surface area (Å²) in [5.41, 5.74) is 0. The van der Waals surface area contributed by atoms with Crippen LogP contribution in [0.1, 0.15) is 6.42 Å². The summed E-state index contributed by atoms with van der Waals surface area (Å²) in [6, 6.07) is 0. The number of ether oxygens (including phenoxy) is 2. The minimum absolute atomic E-state index is 0. The van der Waals surface area contributed by atoms with E-state index in [1.54, 1.807) is 0 Å². The topological polar surface area (TPSA) is 186 Å². The van der Waals surface area contributed by atoms with Gasteiger partial charge in [-0.2, -0.15) is 0 Å². The zero-order chi connectivity index (χ0) is 16.9. The van der Waals surface area contributed by atoms with Gasteiger partial charge in [-0.25, -0.2) is 13.2 Å². The molecule has 1 saturated heterocycles. The molecule has 1 unspecified atom stereocenters. The van der Waals surface area contributed by atoms with Gasteiger partial charge in [0.1, 0.15) is 31.0 Å². The summed E-state index contributed by atoms with van der Waals surface area (Å²) in [4.78, 5) is 11.3. The molecular formula is C10H18NNaO10S. The maximum Gasteiger partial charge on any atom is 1.00 e. The van der Waals surface area contributed by atoms with E-state index >= 15 is 0 Å². The van der Waals surface area contributed by atoms with E-state index in [2.05, 4.69) is 10.1 Å². The summed E-state index contributed by atoms with van der Waals surface area (Å²) in [5.74, 6) is -0.631. The molecule has 23 heavy (non-hydrogen) atoms. The van der Waals surface area contributed by atoms with Crippen molar-refractivity contribution in [1.82, 2.24) is 5.32 Å². The summed E-state index contributed by atoms with van der Waals surface area (Å²) in [5, 5.41) is 39.7. The van der Waals surface area contributed by atoms with Crippen molar-refractivity contribution in [2.45, 2.75) is 37.1 Å². The molecule has 0 saturated carbocycles. The zero-order valence-corrected chi connectivity index (χ0v) is 15.2. The van der Waals surface area contributed by atoms with E-state index in [0.717, 1.165) is 0 Å². The van der Waals surface area contributed by atoms with E-state index in [9.17, 15) is 38.2 Å². The molecule has 1 fully saturated rings. The van der Waals surface area contributed by atoms with Gasteiger partial charge >= 0.3 is 35.7 Å². The Bertz CT molecular complexity index is 474. The maximum absolute atomic E-state index is 11.3. The van der Waals surface area contributed by atoms with E-state index in [4.69, 9.17) is 4.74 Å². The van der Waals surface area contributed by atoms with Crippen LogP contribution in [0, 0.1) is 0 Å². The Balaban J connectivity index is 0.00000484. The molecule has 1 heterocycles. The average Bonchev–Trinajstić information content (AvgIpc) is 2.43. The third-order valence-corrected chi connectivity index (χ3v) is 3.69. The number of hydrogen-bond donors (Lipinski definition) is 5. The van der Waals surface area contributed by atoms with Crippen molar-refractivity contribution in [3.63, 3.8) is 0 Å². The van der Waals surface area contributed by atoms with Crippen LogP contribution >= 0.6 is 0 Å². The molecule has 1 rings (SSSR count). The van der Waals surface area contributed by atoms with Crippen LogP contribution in [0.4, 0.5) is 4.79 Å². The van der Waals surface area contributed by atoms with Crippen molar-refractivity contribution in [1.29, 1.82) is 0 Å². The maximum atomic E-state index is 11.3. The summed E-state index contributed by atoms with van der Waals surface area (Å²) in [6.07, 6.45) is -8.96. The van der Waals surface area contributed by atoms with Crippen LogP contribution in [0.5, 0.6) is 0 Å². The van der Waals surface area contributed by atoms with Crippen LogP contribution in [0.3, 0.4) is 0 Å². The Kier molecular flexibility index (Phi) is 10.1. The Morgan fingerprint density at radius 3 is 2.35 bits per heavy atom. The Morgan fingerprint density at radius 1 is 1.17 bits per heavy atom. The van der Waals surface area contributed by atoms with Crippen LogP contribution in [0.25, 0.3) is 0 Å². The average molecular weight is 367 g/mol. The monoisotopic (exact) mass is 367 g/mol. The molecule has 130 valence electrons. The second-order valence-corrected chi connectivity index (χ2v) is 6.20. The quantitative estimate of drug-likeness (QED) is 0.172. The van der Waals surface area contributed by atoms with E-state index in [1.807, 2.05) is 0 Å². The first-order valence-corrected chi connectivity index (χ1v) is 7.91. The fraction of sp³-hybridized carbons (Fsp3) is 0.900. The van der Waals surface area contributed by atoms with Crippen molar-refractivity contribution in [3.8, 4) is 0 Å². The zero-order valence-electron chi connectivity index (χ0n) is 12.4. The molecule has 5 N–H and O–H groups in total. The number of nitrogens with one attached hydrogen (secondary N) is 1. The minimum Gasteiger partial charge on any atom is -0.748 e. The van der Waals surface area contributed by atoms with Gasteiger partial charge in [0.2, 0.25) is 0 Å². The Morgan fingerprint density at radius 2 is 1.78 bits per heavy atom. The molecule has 5 atom stereocenters. The largest absolute Gasteiger partial charge is 1.00 e. The summed E-state index contributed by atoms with van der Waals surface area (Å²) >= 11 is 0. The minimum atomic E-state index is -4.35. The number of aliphatic hydroxyl groups is 4. The van der Waals surface area contributed by atoms with E-state index in [-0.39, 0.29) is 42.5 Å². The summed E-state index contributed by atoms with van der Waals surface area (Å²) in [6.45, 7) is -0.633. The summed E-state index contributed by atoms with van der Waals surface area (Å²) < 4.78 is 40.4. The number of carbonyl (C=O) groups excluding carboxylic acids is 1. The van der Waals surface area contributed by atoms with E-state index in [0.29, 0.717) is 0 Å². The van der Waals surface area contributed by atoms with Crippen molar-refractivity contribution < 1.29 is 77.2 Å². The third-order valence-electron chi connectivity index (χ3n) is 2.91. The standard InChI is InChI=1S/C10H19NO10S.Na/c12-6-5(21-9(15)8(14)7(6)13)4-20-10(16)11-2-1-3-22(17,18)19;/h5-9,12-15H,1-4H2,(H,11,16)(H,17,18,19);/q;+1/p-1/t5-,6-,7+,8-,9?;/m1./s1. The van der Waals surface area contributed by atoms with Crippen molar-refractivity contribution >= 4 is 16.2 Å². The van der Waals surface area contributed by atoms with Crippen LogP contribution < -0.4 is 34.9 Å². The number of alkyl carbamates (subject to hydrolysis) is 1. The molecule has 0 aliphatic carbocycles. The van der Waals surface area contributed by atoms with Crippen molar-refractivity contribution in [3.05, 3.63) is 0 Å². The van der Waals surface area contributed by atoms with Gasteiger partial charge in [-0.1, -0.05) is 0 Å². The number of rotatable bonds is 6. The smallest absolute Gasteiger partial charge is 0.748 e. The molecule has 0 aromatic heterocycles. The summed E-state index contributed by atoms with van der Waals surface area (Å²) in [7, 11) is -4.35. The van der Waals surface area contributed by atoms with Crippen LogP contribution in [0.15, 0.2) is 0 Å². The Labute approximate surface area is 154 Å². The normalized spacial score (nSPS) is 31.1. The van der Waals surface area contributed by atoms with Gasteiger partial charge < -0.3 is 39.8 Å².